The van der Waals surface area contributed by atoms with Crippen LogP contribution >= 0.6 is 11.8 Å². The fraction of sp³-hybridized carbons (Fsp3) is 0.304. The minimum atomic E-state index is -0.202. The second-order valence-electron chi connectivity index (χ2n) is 6.89. The van der Waals surface area contributed by atoms with E-state index in [0.717, 1.165) is 5.75 Å². The van der Waals surface area contributed by atoms with Crippen molar-refractivity contribution in [3.63, 3.8) is 0 Å². The van der Waals surface area contributed by atoms with Gasteiger partial charge in [-0.25, -0.2) is 0 Å². The van der Waals surface area contributed by atoms with E-state index in [-0.39, 0.29) is 24.0 Å². The number of rotatable bonds is 11. The van der Waals surface area contributed by atoms with Crippen LogP contribution in [0.1, 0.15) is 19.7 Å². The van der Waals surface area contributed by atoms with E-state index in [1.165, 1.54) is 11.8 Å². The lowest BCUT2D eigenvalue weighted by atomic mass is 10.3. The predicted octanol–water partition coefficient (Wildman–Crippen LogP) is 3.62. The SMILES string of the molecule is CCOc1ccc(NC(=O)CSc2nnc(CC(=O)Nc3ccc(OC)cc3)n2CC)cc1. The molecule has 2 aromatic carbocycles. The summed E-state index contributed by atoms with van der Waals surface area (Å²) >= 11 is 1.27. The van der Waals surface area contributed by atoms with Crippen LogP contribution in [0.25, 0.3) is 0 Å². The van der Waals surface area contributed by atoms with Crippen molar-refractivity contribution in [2.45, 2.75) is 32.0 Å². The van der Waals surface area contributed by atoms with E-state index in [1.807, 2.05) is 30.5 Å². The molecule has 10 heteroatoms. The van der Waals surface area contributed by atoms with Gasteiger partial charge >= 0.3 is 0 Å². The van der Waals surface area contributed by atoms with Crippen LogP contribution in [-0.2, 0) is 22.6 Å². The molecule has 1 heterocycles. The van der Waals surface area contributed by atoms with E-state index >= 15 is 0 Å². The largest absolute Gasteiger partial charge is 0.497 e. The standard InChI is InChI=1S/C23H27N5O4S/c1-4-28-20(14-21(29)24-16-6-10-18(31-3)11-7-16)26-27-23(28)33-15-22(30)25-17-8-12-19(13-9-17)32-5-2/h6-13H,4-5,14-15H2,1-3H3,(H,24,29)(H,25,30). The number of aromatic nitrogens is 3. The van der Waals surface area contributed by atoms with Crippen LogP contribution in [-0.4, -0.2) is 46.0 Å². The molecule has 0 atom stereocenters. The van der Waals surface area contributed by atoms with Crippen LogP contribution in [0.2, 0.25) is 0 Å². The molecule has 0 saturated carbocycles. The summed E-state index contributed by atoms with van der Waals surface area (Å²) in [6.07, 6.45) is 0.0752. The summed E-state index contributed by atoms with van der Waals surface area (Å²) < 4.78 is 12.4. The number of anilines is 2. The van der Waals surface area contributed by atoms with Crippen LogP contribution < -0.4 is 20.1 Å². The van der Waals surface area contributed by atoms with Gasteiger partial charge in [0.25, 0.3) is 0 Å². The highest BCUT2D eigenvalue weighted by Crippen LogP contribution is 2.20. The van der Waals surface area contributed by atoms with Gasteiger partial charge in [0.05, 0.1) is 25.9 Å². The molecule has 2 amide bonds. The number of hydrogen-bond donors (Lipinski definition) is 2. The smallest absolute Gasteiger partial charge is 0.234 e. The first-order valence-corrected chi connectivity index (χ1v) is 11.5. The fourth-order valence-corrected chi connectivity index (χ4v) is 3.85. The Labute approximate surface area is 196 Å². The number of carbonyl (C=O) groups excluding carboxylic acids is 2. The normalized spacial score (nSPS) is 10.5. The second-order valence-corrected chi connectivity index (χ2v) is 7.83. The van der Waals surface area contributed by atoms with Crippen LogP contribution in [0.5, 0.6) is 11.5 Å². The molecule has 174 valence electrons. The van der Waals surface area contributed by atoms with Crippen molar-refractivity contribution < 1.29 is 19.1 Å². The second kappa shape index (κ2) is 11.9. The van der Waals surface area contributed by atoms with E-state index in [2.05, 4.69) is 20.8 Å². The van der Waals surface area contributed by atoms with Crippen LogP contribution in [0.4, 0.5) is 11.4 Å². The molecule has 0 saturated heterocycles. The average molecular weight is 470 g/mol. The van der Waals surface area contributed by atoms with E-state index in [0.29, 0.717) is 41.3 Å². The van der Waals surface area contributed by atoms with Gasteiger partial charge in [-0.1, -0.05) is 11.8 Å². The number of nitrogens with one attached hydrogen (secondary N) is 2. The molecular formula is C23H27N5O4S. The Morgan fingerprint density at radius 2 is 1.52 bits per heavy atom. The average Bonchev–Trinajstić information content (AvgIpc) is 3.20. The van der Waals surface area contributed by atoms with Crippen LogP contribution in [0.15, 0.2) is 53.7 Å². The van der Waals surface area contributed by atoms with Gasteiger partial charge in [-0.3, -0.25) is 9.59 Å². The number of benzene rings is 2. The van der Waals surface area contributed by atoms with Gasteiger partial charge in [0.1, 0.15) is 17.3 Å². The highest BCUT2D eigenvalue weighted by Gasteiger charge is 2.16. The zero-order chi connectivity index (χ0) is 23.6. The summed E-state index contributed by atoms with van der Waals surface area (Å²) in [5, 5.41) is 14.6. The third-order valence-corrected chi connectivity index (χ3v) is 5.55. The lowest BCUT2D eigenvalue weighted by molar-refractivity contribution is -0.116. The number of amides is 2. The minimum Gasteiger partial charge on any atom is -0.497 e. The van der Waals surface area contributed by atoms with Crippen molar-refractivity contribution in [3.05, 3.63) is 54.4 Å². The zero-order valence-corrected chi connectivity index (χ0v) is 19.6. The molecule has 0 aliphatic rings. The van der Waals surface area contributed by atoms with Crippen LogP contribution in [0, 0.1) is 0 Å². The summed E-state index contributed by atoms with van der Waals surface area (Å²) in [4.78, 5) is 24.8. The van der Waals surface area contributed by atoms with Crippen molar-refractivity contribution >= 4 is 35.0 Å². The molecule has 0 aliphatic heterocycles. The Balaban J connectivity index is 1.53. The summed E-state index contributed by atoms with van der Waals surface area (Å²) in [6, 6.07) is 14.3. The summed E-state index contributed by atoms with van der Waals surface area (Å²) in [5.74, 6) is 1.82. The maximum Gasteiger partial charge on any atom is 0.234 e. The van der Waals surface area contributed by atoms with Crippen molar-refractivity contribution in [2.24, 2.45) is 0 Å². The van der Waals surface area contributed by atoms with Gasteiger partial charge < -0.3 is 24.7 Å². The van der Waals surface area contributed by atoms with E-state index < -0.39 is 0 Å². The highest BCUT2D eigenvalue weighted by molar-refractivity contribution is 7.99. The number of hydrogen-bond acceptors (Lipinski definition) is 7. The molecule has 0 spiro atoms. The number of methoxy groups -OCH3 is 1. The Morgan fingerprint density at radius 3 is 2.09 bits per heavy atom. The Bertz CT molecular complexity index is 1070. The molecule has 0 unspecified atom stereocenters. The molecule has 3 rings (SSSR count). The van der Waals surface area contributed by atoms with Gasteiger partial charge in [0.15, 0.2) is 5.16 Å². The third kappa shape index (κ3) is 6.98. The third-order valence-electron chi connectivity index (χ3n) is 4.58. The number of thioether (sulfide) groups is 1. The Hall–Kier alpha value is -3.53. The van der Waals surface area contributed by atoms with Crippen molar-refractivity contribution in [1.82, 2.24) is 14.8 Å². The lowest BCUT2D eigenvalue weighted by Gasteiger charge is -2.09. The first-order chi connectivity index (χ1) is 16.0. The molecular weight excluding hydrogens is 442 g/mol. The van der Waals surface area contributed by atoms with Crippen molar-refractivity contribution in [2.75, 3.05) is 30.1 Å². The molecule has 0 fully saturated rings. The predicted molar refractivity (Wildman–Crippen MR) is 128 cm³/mol. The number of nitrogens with zero attached hydrogens (tertiary/aromatic N) is 3. The van der Waals surface area contributed by atoms with Gasteiger partial charge in [-0.05, 0) is 62.4 Å². The maximum atomic E-state index is 12.4. The summed E-state index contributed by atoms with van der Waals surface area (Å²) in [7, 11) is 1.59. The van der Waals surface area contributed by atoms with Crippen molar-refractivity contribution in [1.29, 1.82) is 0 Å². The summed E-state index contributed by atoms with van der Waals surface area (Å²) in [6.45, 7) is 5.03. The Kier molecular flexibility index (Phi) is 8.71. The Morgan fingerprint density at radius 1 is 0.909 bits per heavy atom. The van der Waals surface area contributed by atoms with E-state index in [1.54, 1.807) is 43.5 Å². The van der Waals surface area contributed by atoms with Crippen molar-refractivity contribution in [3.8, 4) is 11.5 Å². The maximum absolute atomic E-state index is 12.4. The topological polar surface area (TPSA) is 107 Å². The van der Waals surface area contributed by atoms with Gasteiger partial charge in [-0.15, -0.1) is 10.2 Å². The number of ether oxygens (including phenoxy) is 2. The zero-order valence-electron chi connectivity index (χ0n) is 18.8. The highest BCUT2D eigenvalue weighted by atomic mass is 32.2. The first kappa shape index (κ1) is 24.1. The molecule has 0 aliphatic carbocycles. The molecule has 2 N–H and O–H groups in total. The lowest BCUT2D eigenvalue weighted by Crippen LogP contribution is -2.18. The molecule has 3 aromatic rings. The molecule has 0 radical (unpaired) electrons. The van der Waals surface area contributed by atoms with E-state index in [9.17, 15) is 9.59 Å². The molecule has 33 heavy (non-hydrogen) atoms. The fourth-order valence-electron chi connectivity index (χ4n) is 3.03. The quantitative estimate of drug-likeness (QED) is 0.413. The van der Waals surface area contributed by atoms with Crippen LogP contribution in [0.3, 0.4) is 0 Å². The monoisotopic (exact) mass is 469 g/mol. The molecule has 1 aromatic heterocycles. The first-order valence-electron chi connectivity index (χ1n) is 10.5. The van der Waals surface area contributed by atoms with Gasteiger partial charge in [0, 0.05) is 17.9 Å². The molecule has 9 nitrogen and oxygen atoms in total. The minimum absolute atomic E-state index is 0.0752. The van der Waals surface area contributed by atoms with Gasteiger partial charge in [-0.2, -0.15) is 0 Å². The number of carbonyl (C=O) groups is 2. The van der Waals surface area contributed by atoms with Gasteiger partial charge in [0.2, 0.25) is 11.8 Å². The van der Waals surface area contributed by atoms with E-state index in [4.69, 9.17) is 9.47 Å². The molecule has 0 bridgehead atoms. The summed E-state index contributed by atoms with van der Waals surface area (Å²) in [5.41, 5.74) is 1.36.